The zero-order chi connectivity index (χ0) is 28.8. The number of rotatable bonds is 9. The van der Waals surface area contributed by atoms with Crippen LogP contribution < -0.4 is 20.9 Å². The highest BCUT2D eigenvalue weighted by Gasteiger charge is 2.22. The number of hydrogen-bond acceptors (Lipinski definition) is 9. The van der Waals surface area contributed by atoms with Gasteiger partial charge in [0.2, 0.25) is 11.9 Å². The summed E-state index contributed by atoms with van der Waals surface area (Å²) in [4.78, 5) is 51.6. The topological polar surface area (TPSA) is 123 Å². The van der Waals surface area contributed by atoms with Gasteiger partial charge in [0, 0.05) is 46.0 Å². The molecule has 3 N–H and O–H groups in total. The van der Waals surface area contributed by atoms with E-state index in [1.54, 1.807) is 30.3 Å². The Hall–Kier alpha value is -4.48. The van der Waals surface area contributed by atoms with Gasteiger partial charge >= 0.3 is 0 Å². The Morgan fingerprint density at radius 2 is 1.75 bits per heavy atom. The fourth-order valence-electron chi connectivity index (χ4n) is 4.10. The fourth-order valence-corrected chi connectivity index (χ4v) is 4.24. The second-order valence-electron chi connectivity index (χ2n) is 9.43. The van der Waals surface area contributed by atoms with Gasteiger partial charge in [-0.3, -0.25) is 14.4 Å². The fraction of sp³-hybridized carbons (Fsp3) is 0.250. The number of anilines is 6. The summed E-state index contributed by atoms with van der Waals surface area (Å²) in [5.74, 6) is -1.15. The van der Waals surface area contributed by atoms with Crippen LogP contribution in [0.4, 0.5) is 34.5 Å². The van der Waals surface area contributed by atoms with Gasteiger partial charge in [-0.2, -0.15) is 4.98 Å². The molecule has 0 atom stereocenters. The van der Waals surface area contributed by atoms with E-state index in [9.17, 15) is 14.4 Å². The quantitative estimate of drug-likeness (QED) is 0.203. The first-order chi connectivity index (χ1) is 19.2. The second kappa shape index (κ2) is 12.6. The number of piperazine rings is 1. The molecule has 2 heterocycles. The summed E-state index contributed by atoms with van der Waals surface area (Å²) in [6, 6.07) is 12.2. The Balaban J connectivity index is 1.65. The number of para-hydroxylation sites is 1. The highest BCUT2D eigenvalue weighted by atomic mass is 35.5. The van der Waals surface area contributed by atoms with Gasteiger partial charge in [-0.1, -0.05) is 30.3 Å². The monoisotopic (exact) mass is 562 g/mol. The van der Waals surface area contributed by atoms with E-state index in [0.717, 1.165) is 31.9 Å². The summed E-state index contributed by atoms with van der Waals surface area (Å²) in [6.07, 6.45) is 2.64. The second-order valence-corrected chi connectivity index (χ2v) is 9.84. The predicted molar refractivity (Wildman–Crippen MR) is 158 cm³/mol. The number of hydrogen-bond donors (Lipinski definition) is 3. The first-order valence-electron chi connectivity index (χ1n) is 12.6. The summed E-state index contributed by atoms with van der Waals surface area (Å²) in [5.41, 5.74) is 2.76. The van der Waals surface area contributed by atoms with Crippen molar-refractivity contribution in [2.45, 2.75) is 0 Å². The van der Waals surface area contributed by atoms with Crippen LogP contribution in [-0.4, -0.2) is 84.7 Å². The summed E-state index contributed by atoms with van der Waals surface area (Å²) in [6.45, 7) is 6.99. The number of aromatic nitrogens is 2. The van der Waals surface area contributed by atoms with Gasteiger partial charge < -0.3 is 30.7 Å². The summed E-state index contributed by atoms with van der Waals surface area (Å²) < 4.78 is 0. The molecule has 2 amide bonds. The number of amides is 2. The summed E-state index contributed by atoms with van der Waals surface area (Å²) >= 11 is 6.41. The number of likely N-dealkylation sites (N-methyl/N-ethyl adjacent to an activating group) is 2. The lowest BCUT2D eigenvalue weighted by molar-refractivity contribution is -0.124. The standard InChI is InChI=1S/C28H31ClN8O3/c1-5-24(38)31-18-10-11-23(37-14-12-36(4)13-15-37)22(16-18)33-28-30-17-20(29)26(34-28)32-21-9-7-6-8-19(21)25(39)27(40)35(2)3/h5-11,16-17H,1,12-15H2,2-4H3,(H,31,38)(H2,30,32,33,34). The molecule has 1 aromatic heterocycles. The summed E-state index contributed by atoms with van der Waals surface area (Å²) in [5, 5.41) is 9.33. The first kappa shape index (κ1) is 28.5. The van der Waals surface area contributed by atoms with Crippen LogP contribution in [0.15, 0.2) is 61.3 Å². The van der Waals surface area contributed by atoms with Crippen LogP contribution in [-0.2, 0) is 9.59 Å². The highest BCUT2D eigenvalue weighted by Crippen LogP contribution is 2.33. The van der Waals surface area contributed by atoms with Crippen molar-refractivity contribution in [1.82, 2.24) is 19.8 Å². The van der Waals surface area contributed by atoms with Crippen LogP contribution in [0.2, 0.25) is 5.02 Å². The lowest BCUT2D eigenvalue weighted by Crippen LogP contribution is -2.44. The number of carbonyl (C=O) groups excluding carboxylic acids is 3. The van der Waals surface area contributed by atoms with Gasteiger partial charge in [-0.15, -0.1) is 0 Å². The Morgan fingerprint density at radius 1 is 1.02 bits per heavy atom. The third kappa shape index (κ3) is 6.74. The van der Waals surface area contributed by atoms with E-state index >= 15 is 0 Å². The van der Waals surface area contributed by atoms with Crippen molar-refractivity contribution < 1.29 is 14.4 Å². The van der Waals surface area contributed by atoms with E-state index in [0.29, 0.717) is 17.1 Å². The van der Waals surface area contributed by atoms with Crippen LogP contribution >= 0.6 is 11.6 Å². The minimum Gasteiger partial charge on any atom is -0.367 e. The molecule has 11 nitrogen and oxygen atoms in total. The molecule has 0 bridgehead atoms. The van der Waals surface area contributed by atoms with Crippen molar-refractivity contribution in [3.8, 4) is 0 Å². The molecular formula is C28H31ClN8O3. The van der Waals surface area contributed by atoms with E-state index < -0.39 is 11.7 Å². The molecular weight excluding hydrogens is 532 g/mol. The minimum atomic E-state index is -0.660. The molecule has 1 fully saturated rings. The normalized spacial score (nSPS) is 13.3. The van der Waals surface area contributed by atoms with Crippen LogP contribution in [0.3, 0.4) is 0 Å². The third-order valence-corrected chi connectivity index (χ3v) is 6.59. The molecule has 0 aliphatic carbocycles. The average molecular weight is 563 g/mol. The first-order valence-corrected chi connectivity index (χ1v) is 13.0. The van der Waals surface area contributed by atoms with Crippen molar-refractivity contribution in [2.75, 3.05) is 68.2 Å². The Labute approximate surface area is 237 Å². The van der Waals surface area contributed by atoms with E-state index in [1.165, 1.54) is 31.3 Å². The zero-order valence-corrected chi connectivity index (χ0v) is 23.3. The van der Waals surface area contributed by atoms with Crippen LogP contribution in [0.5, 0.6) is 0 Å². The largest absolute Gasteiger partial charge is 0.367 e. The number of ketones is 1. The SMILES string of the molecule is C=CC(=O)Nc1ccc(N2CCN(C)CC2)c(Nc2ncc(Cl)c(Nc3ccccc3C(=O)C(=O)N(C)C)n2)c1. The predicted octanol–water partition coefficient (Wildman–Crippen LogP) is 3.76. The minimum absolute atomic E-state index is 0.188. The van der Waals surface area contributed by atoms with Gasteiger partial charge in [0.15, 0.2) is 5.82 Å². The molecule has 0 saturated carbocycles. The number of halogens is 1. The lowest BCUT2D eigenvalue weighted by atomic mass is 10.1. The molecule has 12 heteroatoms. The van der Waals surface area contributed by atoms with Gasteiger partial charge in [0.1, 0.15) is 5.02 Å². The van der Waals surface area contributed by atoms with Crippen molar-refractivity contribution in [1.29, 1.82) is 0 Å². The maximum Gasteiger partial charge on any atom is 0.294 e. The van der Waals surface area contributed by atoms with Crippen molar-refractivity contribution in [3.63, 3.8) is 0 Å². The lowest BCUT2D eigenvalue weighted by Gasteiger charge is -2.35. The molecule has 0 spiro atoms. The van der Waals surface area contributed by atoms with Crippen molar-refractivity contribution in [3.05, 3.63) is 71.9 Å². The van der Waals surface area contributed by atoms with Gasteiger partial charge in [0.25, 0.3) is 11.7 Å². The van der Waals surface area contributed by atoms with Crippen LogP contribution in [0.1, 0.15) is 10.4 Å². The van der Waals surface area contributed by atoms with Crippen LogP contribution in [0.25, 0.3) is 0 Å². The number of nitrogens with zero attached hydrogens (tertiary/aromatic N) is 5. The maximum absolute atomic E-state index is 12.8. The van der Waals surface area contributed by atoms with Gasteiger partial charge in [-0.05, 0) is 43.5 Å². The van der Waals surface area contributed by atoms with E-state index in [4.69, 9.17) is 11.6 Å². The number of benzene rings is 2. The Bertz CT molecular complexity index is 1440. The molecule has 3 aromatic rings. The van der Waals surface area contributed by atoms with E-state index in [2.05, 4.69) is 49.3 Å². The molecule has 1 aliphatic heterocycles. The van der Waals surface area contributed by atoms with Crippen LogP contribution in [0, 0.1) is 0 Å². The van der Waals surface area contributed by atoms with Gasteiger partial charge in [0.05, 0.1) is 28.8 Å². The smallest absolute Gasteiger partial charge is 0.294 e. The average Bonchev–Trinajstić information content (AvgIpc) is 2.95. The van der Waals surface area contributed by atoms with Gasteiger partial charge in [-0.25, -0.2) is 4.98 Å². The van der Waals surface area contributed by atoms with Crippen molar-refractivity contribution in [2.24, 2.45) is 0 Å². The Morgan fingerprint density at radius 3 is 2.45 bits per heavy atom. The number of Topliss-reactive ketones (excluding diaryl/α,β-unsaturated/α-hetero) is 1. The molecule has 40 heavy (non-hydrogen) atoms. The molecule has 1 aliphatic rings. The Kier molecular flexibility index (Phi) is 8.97. The molecule has 208 valence electrons. The highest BCUT2D eigenvalue weighted by molar-refractivity contribution is 6.43. The van der Waals surface area contributed by atoms with Crippen molar-refractivity contribution >= 4 is 63.7 Å². The zero-order valence-electron chi connectivity index (χ0n) is 22.6. The molecule has 0 radical (unpaired) electrons. The maximum atomic E-state index is 12.8. The van der Waals surface area contributed by atoms with E-state index in [-0.39, 0.29) is 28.3 Å². The summed E-state index contributed by atoms with van der Waals surface area (Å²) in [7, 11) is 5.12. The molecule has 1 saturated heterocycles. The number of carbonyl (C=O) groups is 3. The molecule has 4 rings (SSSR count). The molecule has 0 unspecified atom stereocenters. The number of nitrogens with one attached hydrogen (secondary N) is 3. The molecule has 2 aromatic carbocycles. The third-order valence-electron chi connectivity index (χ3n) is 6.31. The van der Waals surface area contributed by atoms with E-state index in [1.807, 2.05) is 12.1 Å².